The van der Waals surface area contributed by atoms with Crippen molar-refractivity contribution in [3.05, 3.63) is 28.9 Å². The summed E-state index contributed by atoms with van der Waals surface area (Å²) in [6.45, 7) is 11.3. The molecular weight excluding hydrogens is 568 g/mol. The van der Waals surface area contributed by atoms with E-state index in [1.54, 1.807) is 22.8 Å². The Balaban J connectivity index is 1.51. The van der Waals surface area contributed by atoms with E-state index in [0.717, 1.165) is 18.5 Å². The molecule has 3 N–H and O–H groups in total. The lowest BCUT2D eigenvalue weighted by atomic mass is 9.92. The Hall–Kier alpha value is -3.27. The zero-order valence-electron chi connectivity index (χ0n) is 26.5. The van der Waals surface area contributed by atoms with E-state index in [1.165, 1.54) is 51.4 Å². The summed E-state index contributed by atoms with van der Waals surface area (Å²) in [6, 6.07) is 4.89. The van der Waals surface area contributed by atoms with E-state index < -0.39 is 0 Å². The molecule has 0 saturated heterocycles. The highest BCUT2D eigenvalue weighted by molar-refractivity contribution is 6.34. The number of aromatic amines is 1. The molecule has 3 aromatic rings. The fourth-order valence-electron chi connectivity index (χ4n) is 4.73. The second-order valence-corrected chi connectivity index (χ2v) is 12.3. The van der Waals surface area contributed by atoms with E-state index in [2.05, 4.69) is 53.5 Å². The van der Waals surface area contributed by atoms with E-state index in [-0.39, 0.29) is 30.4 Å². The van der Waals surface area contributed by atoms with Crippen LogP contribution in [-0.2, 0) is 14.9 Å². The number of anilines is 1. The van der Waals surface area contributed by atoms with Crippen LogP contribution in [0.3, 0.4) is 0 Å². The Kier molecular flexibility index (Phi) is 13.6. The van der Waals surface area contributed by atoms with Gasteiger partial charge in [0.15, 0.2) is 11.5 Å². The first-order valence-corrected chi connectivity index (χ1v) is 16.1. The van der Waals surface area contributed by atoms with Crippen molar-refractivity contribution < 1.29 is 19.1 Å². The van der Waals surface area contributed by atoms with Gasteiger partial charge in [-0.05, 0) is 31.5 Å². The molecule has 43 heavy (non-hydrogen) atoms. The number of ether oxygens (including phenoxy) is 2. The Morgan fingerprint density at radius 1 is 0.977 bits per heavy atom. The number of nitrogens with zero attached hydrogens (tertiary/aromatic N) is 3. The number of H-pyrrole nitrogens is 1. The number of amides is 2. The van der Waals surface area contributed by atoms with Crippen LogP contribution in [0.2, 0.25) is 5.02 Å². The highest BCUT2D eigenvalue weighted by atomic mass is 35.5. The summed E-state index contributed by atoms with van der Waals surface area (Å²) in [7, 11) is 0. The Morgan fingerprint density at radius 3 is 2.28 bits per heavy atom. The van der Waals surface area contributed by atoms with Crippen molar-refractivity contribution in [2.24, 2.45) is 0 Å². The zero-order valence-corrected chi connectivity index (χ0v) is 27.2. The normalized spacial score (nSPS) is 11.6. The molecule has 0 aliphatic heterocycles. The molecule has 0 saturated carbocycles. The van der Waals surface area contributed by atoms with Crippen molar-refractivity contribution in [2.45, 2.75) is 111 Å². The number of benzene rings is 1. The van der Waals surface area contributed by atoms with Crippen molar-refractivity contribution in [1.82, 2.24) is 25.1 Å². The molecule has 0 fully saturated rings. The number of fused-ring (bicyclic) bond motifs is 1. The molecule has 0 radical (unpaired) electrons. The monoisotopic (exact) mass is 616 g/mol. The molecule has 11 heteroatoms. The van der Waals surface area contributed by atoms with Gasteiger partial charge in [-0.3, -0.25) is 9.89 Å². The van der Waals surface area contributed by atoms with Crippen LogP contribution >= 0.6 is 11.6 Å². The average molecular weight is 617 g/mol. The van der Waals surface area contributed by atoms with Gasteiger partial charge in [-0.1, -0.05) is 97.1 Å². The fourth-order valence-corrected chi connectivity index (χ4v) is 5.18. The molecular formula is C32H49ClN6O4. The summed E-state index contributed by atoms with van der Waals surface area (Å²) < 4.78 is 12.8. The summed E-state index contributed by atoms with van der Waals surface area (Å²) in [4.78, 5) is 29.2. The number of unbranched alkanes of at least 4 members (excludes halogenated alkanes) is 9. The maximum atomic E-state index is 12.3. The fraction of sp³-hybridized carbons (Fsp3) is 0.625. The molecule has 0 bridgehead atoms. The first-order chi connectivity index (χ1) is 20.6. The van der Waals surface area contributed by atoms with Gasteiger partial charge in [-0.15, -0.1) is 5.10 Å². The molecule has 10 nitrogen and oxygen atoms in total. The summed E-state index contributed by atoms with van der Waals surface area (Å²) in [6.07, 6.45) is 12.4. The van der Waals surface area contributed by atoms with Gasteiger partial charge >= 0.3 is 12.0 Å². The molecule has 1 aromatic carbocycles. The predicted molar refractivity (Wildman–Crippen MR) is 172 cm³/mol. The van der Waals surface area contributed by atoms with Gasteiger partial charge < -0.3 is 20.1 Å². The minimum atomic E-state index is -0.372. The lowest BCUT2D eigenvalue weighted by Crippen LogP contribution is -2.28. The molecule has 3 rings (SSSR count). The quantitative estimate of drug-likeness (QED) is 0.0981. The SMILES string of the molecule is CCCCCCCCCCCCOC(=O)CCOc1ccc(-c2nc3c(Cl)c(C(C)(C)C)[nH]n3n2)cc1NC(=O)NCC. The van der Waals surface area contributed by atoms with Gasteiger partial charge in [0.2, 0.25) is 0 Å². The highest BCUT2D eigenvalue weighted by Gasteiger charge is 2.24. The van der Waals surface area contributed by atoms with Crippen molar-refractivity contribution in [1.29, 1.82) is 0 Å². The minimum Gasteiger partial charge on any atom is -0.491 e. The van der Waals surface area contributed by atoms with Crippen molar-refractivity contribution in [3.63, 3.8) is 0 Å². The van der Waals surface area contributed by atoms with E-state index in [9.17, 15) is 9.59 Å². The lowest BCUT2D eigenvalue weighted by molar-refractivity contribution is -0.144. The summed E-state index contributed by atoms with van der Waals surface area (Å²) in [5.41, 5.74) is 2.28. The van der Waals surface area contributed by atoms with Crippen LogP contribution in [-0.4, -0.2) is 51.6 Å². The van der Waals surface area contributed by atoms with E-state index in [4.69, 9.17) is 21.1 Å². The number of urea groups is 1. The summed E-state index contributed by atoms with van der Waals surface area (Å²) in [5, 5.41) is 13.8. The largest absolute Gasteiger partial charge is 0.491 e. The van der Waals surface area contributed by atoms with Crippen molar-refractivity contribution >= 4 is 34.9 Å². The molecule has 0 spiro atoms. The van der Waals surface area contributed by atoms with E-state index in [1.807, 2.05) is 6.92 Å². The van der Waals surface area contributed by atoms with Gasteiger partial charge in [0.1, 0.15) is 10.8 Å². The third kappa shape index (κ3) is 10.7. The third-order valence-corrected chi connectivity index (χ3v) is 7.50. The molecule has 0 aliphatic carbocycles. The minimum absolute atomic E-state index is 0.113. The van der Waals surface area contributed by atoms with Gasteiger partial charge in [-0.2, -0.15) is 4.63 Å². The number of aromatic nitrogens is 4. The Labute approximate surface area is 260 Å². The van der Waals surface area contributed by atoms with Gasteiger partial charge in [-0.25, -0.2) is 9.78 Å². The van der Waals surface area contributed by atoms with E-state index in [0.29, 0.717) is 46.6 Å². The lowest BCUT2D eigenvalue weighted by Gasteiger charge is -2.16. The first kappa shape index (κ1) is 34.2. The number of halogens is 1. The second kappa shape index (κ2) is 17.1. The number of carbonyl (C=O) groups is 2. The number of hydrogen-bond acceptors (Lipinski definition) is 6. The zero-order chi connectivity index (χ0) is 31.2. The van der Waals surface area contributed by atoms with Crippen molar-refractivity contribution in [2.75, 3.05) is 25.1 Å². The van der Waals surface area contributed by atoms with Crippen LogP contribution in [0, 0.1) is 0 Å². The average Bonchev–Trinajstić information content (AvgIpc) is 3.52. The van der Waals surface area contributed by atoms with Crippen LogP contribution in [0.25, 0.3) is 17.0 Å². The molecule has 0 aliphatic rings. The van der Waals surface area contributed by atoms with Gasteiger partial charge in [0.05, 0.1) is 31.0 Å². The van der Waals surface area contributed by atoms with Crippen LogP contribution in [0.4, 0.5) is 10.5 Å². The Bertz CT molecular complexity index is 1310. The number of carbonyl (C=O) groups excluding carboxylic acids is 2. The van der Waals surface area contributed by atoms with Crippen molar-refractivity contribution in [3.8, 4) is 17.1 Å². The molecule has 0 atom stereocenters. The molecule has 2 amide bonds. The highest BCUT2D eigenvalue weighted by Crippen LogP contribution is 2.34. The third-order valence-electron chi connectivity index (χ3n) is 7.14. The number of esters is 1. The smallest absolute Gasteiger partial charge is 0.319 e. The van der Waals surface area contributed by atoms with Gasteiger partial charge in [0.25, 0.3) is 0 Å². The molecule has 2 heterocycles. The second-order valence-electron chi connectivity index (χ2n) is 11.9. The topological polar surface area (TPSA) is 123 Å². The van der Waals surface area contributed by atoms with Gasteiger partial charge in [0, 0.05) is 17.5 Å². The molecule has 2 aromatic heterocycles. The maximum Gasteiger partial charge on any atom is 0.319 e. The number of nitrogens with one attached hydrogen (secondary N) is 3. The Morgan fingerprint density at radius 2 is 1.65 bits per heavy atom. The predicted octanol–water partition coefficient (Wildman–Crippen LogP) is 8.05. The van der Waals surface area contributed by atoms with Crippen LogP contribution in [0.15, 0.2) is 18.2 Å². The summed E-state index contributed by atoms with van der Waals surface area (Å²) >= 11 is 6.59. The standard InChI is InChI=1S/C32H49ClN6O4/c1-6-8-9-10-11-12-13-14-15-16-20-43-26(40)19-21-42-25-18-17-23(22-24(25)35-31(41)34-7-2)29-36-30-27(33)28(32(3,4)5)37-39(30)38-29/h17-18,22,37H,6-16,19-21H2,1-5H3,(H2,34,35,41). The van der Waals surface area contributed by atoms with Crippen LogP contribution in [0.1, 0.15) is 111 Å². The van der Waals surface area contributed by atoms with Crippen LogP contribution in [0.5, 0.6) is 5.75 Å². The maximum absolute atomic E-state index is 12.3. The first-order valence-electron chi connectivity index (χ1n) is 15.8. The van der Waals surface area contributed by atoms with Crippen LogP contribution < -0.4 is 15.4 Å². The van der Waals surface area contributed by atoms with E-state index >= 15 is 0 Å². The summed E-state index contributed by atoms with van der Waals surface area (Å²) in [5.74, 6) is 0.569. The number of hydrogen-bond donors (Lipinski definition) is 3. The molecule has 238 valence electrons. The number of rotatable bonds is 18. The molecule has 0 unspecified atom stereocenters.